The molecule has 5 heteroatoms. The van der Waals surface area contributed by atoms with E-state index in [-0.39, 0.29) is 12.6 Å². The van der Waals surface area contributed by atoms with Gasteiger partial charge in [-0.3, -0.25) is 0 Å². The highest BCUT2D eigenvalue weighted by Gasteiger charge is 2.16. The lowest BCUT2D eigenvalue weighted by molar-refractivity contribution is 0.0566. The monoisotopic (exact) mass is 246 g/mol. The number of benzene rings is 1. The van der Waals surface area contributed by atoms with E-state index in [1.807, 2.05) is 12.1 Å². The van der Waals surface area contributed by atoms with Gasteiger partial charge >= 0.3 is 5.97 Å². The largest absolute Gasteiger partial charge is 0.463 e. The minimum absolute atomic E-state index is 0.171. The first kappa shape index (κ1) is 10.7. The van der Waals surface area contributed by atoms with E-state index in [0.717, 1.165) is 5.56 Å². The lowest BCUT2D eigenvalue weighted by Crippen LogP contribution is -1.98. The van der Waals surface area contributed by atoms with Crippen LogP contribution in [0.5, 0.6) is 11.5 Å². The number of rotatable bonds is 2. The van der Waals surface area contributed by atoms with Gasteiger partial charge in [0.1, 0.15) is 5.76 Å². The molecule has 0 fully saturated rings. The van der Waals surface area contributed by atoms with E-state index < -0.39 is 5.97 Å². The summed E-state index contributed by atoms with van der Waals surface area (Å²) in [7, 11) is 1.31. The molecule has 1 aliphatic rings. The van der Waals surface area contributed by atoms with E-state index >= 15 is 0 Å². The smallest absolute Gasteiger partial charge is 0.373 e. The molecule has 3 rings (SSSR count). The van der Waals surface area contributed by atoms with Crippen molar-refractivity contribution in [1.82, 2.24) is 0 Å². The van der Waals surface area contributed by atoms with Crippen LogP contribution in [0.4, 0.5) is 0 Å². The Kier molecular flexibility index (Phi) is 2.44. The lowest BCUT2D eigenvalue weighted by atomic mass is 10.1. The molecule has 0 bridgehead atoms. The van der Waals surface area contributed by atoms with Crippen LogP contribution in [0.2, 0.25) is 0 Å². The summed E-state index contributed by atoms with van der Waals surface area (Å²) in [6.45, 7) is 0.227. The van der Waals surface area contributed by atoms with Gasteiger partial charge in [-0.15, -0.1) is 0 Å². The highest BCUT2D eigenvalue weighted by atomic mass is 16.7. The molecule has 0 N–H and O–H groups in total. The van der Waals surface area contributed by atoms with Crippen molar-refractivity contribution < 1.29 is 23.4 Å². The highest BCUT2D eigenvalue weighted by molar-refractivity contribution is 5.87. The van der Waals surface area contributed by atoms with Crippen LogP contribution in [-0.4, -0.2) is 19.9 Å². The van der Waals surface area contributed by atoms with Crippen LogP contribution in [0.25, 0.3) is 11.3 Å². The average Bonchev–Trinajstić information content (AvgIpc) is 3.05. The minimum Gasteiger partial charge on any atom is -0.463 e. The van der Waals surface area contributed by atoms with Crippen LogP contribution in [0.1, 0.15) is 10.6 Å². The molecule has 1 aliphatic heterocycles. The number of ether oxygens (including phenoxy) is 3. The molecule has 18 heavy (non-hydrogen) atoms. The number of hydrogen-bond acceptors (Lipinski definition) is 5. The van der Waals surface area contributed by atoms with Gasteiger partial charge in [-0.2, -0.15) is 0 Å². The van der Waals surface area contributed by atoms with Gasteiger partial charge < -0.3 is 18.6 Å². The fourth-order valence-corrected chi connectivity index (χ4v) is 1.75. The number of fused-ring (bicyclic) bond motifs is 1. The fourth-order valence-electron chi connectivity index (χ4n) is 1.75. The summed E-state index contributed by atoms with van der Waals surface area (Å²) >= 11 is 0. The average molecular weight is 246 g/mol. The number of carbonyl (C=O) groups excluding carboxylic acids is 1. The van der Waals surface area contributed by atoms with Crippen LogP contribution in [0, 0.1) is 0 Å². The van der Waals surface area contributed by atoms with Gasteiger partial charge in [-0.05, 0) is 30.3 Å². The van der Waals surface area contributed by atoms with Gasteiger partial charge in [0.15, 0.2) is 11.5 Å². The zero-order chi connectivity index (χ0) is 12.5. The maximum Gasteiger partial charge on any atom is 0.373 e. The van der Waals surface area contributed by atoms with Gasteiger partial charge in [0.05, 0.1) is 7.11 Å². The summed E-state index contributed by atoms with van der Waals surface area (Å²) in [4.78, 5) is 11.3. The summed E-state index contributed by atoms with van der Waals surface area (Å²) in [6, 6.07) is 8.74. The zero-order valence-corrected chi connectivity index (χ0v) is 9.64. The summed E-state index contributed by atoms with van der Waals surface area (Å²) < 4.78 is 20.5. The van der Waals surface area contributed by atoms with Gasteiger partial charge in [0.25, 0.3) is 0 Å². The predicted molar refractivity (Wildman–Crippen MR) is 61.6 cm³/mol. The van der Waals surface area contributed by atoms with Crippen molar-refractivity contribution in [2.75, 3.05) is 13.9 Å². The molecule has 0 spiro atoms. The number of furan rings is 1. The number of methoxy groups -OCH3 is 1. The van der Waals surface area contributed by atoms with E-state index in [9.17, 15) is 4.79 Å². The molecule has 0 saturated heterocycles. The maximum atomic E-state index is 11.3. The van der Waals surface area contributed by atoms with Crippen LogP contribution >= 0.6 is 0 Å². The highest BCUT2D eigenvalue weighted by Crippen LogP contribution is 2.36. The Labute approximate surface area is 103 Å². The Morgan fingerprint density at radius 3 is 2.83 bits per heavy atom. The third kappa shape index (κ3) is 1.69. The summed E-state index contributed by atoms with van der Waals surface area (Å²) in [6.07, 6.45) is 0. The standard InChI is InChI=1S/C13H10O5/c1-15-13(14)11-5-4-9(18-11)8-2-3-10-12(6-8)17-7-16-10/h2-6H,7H2,1H3. The van der Waals surface area contributed by atoms with Crippen molar-refractivity contribution in [1.29, 1.82) is 0 Å². The van der Waals surface area contributed by atoms with E-state index in [1.54, 1.807) is 18.2 Å². The third-order valence-electron chi connectivity index (χ3n) is 2.65. The zero-order valence-electron chi connectivity index (χ0n) is 9.64. The second-order valence-corrected chi connectivity index (χ2v) is 3.72. The second kappa shape index (κ2) is 4.10. The minimum atomic E-state index is -0.498. The van der Waals surface area contributed by atoms with E-state index in [1.165, 1.54) is 7.11 Å². The van der Waals surface area contributed by atoms with Crippen LogP contribution < -0.4 is 9.47 Å². The molecule has 0 radical (unpaired) electrons. The van der Waals surface area contributed by atoms with E-state index in [4.69, 9.17) is 13.9 Å². The van der Waals surface area contributed by atoms with Gasteiger partial charge in [0, 0.05) is 5.56 Å². The van der Waals surface area contributed by atoms with Crippen molar-refractivity contribution in [3.63, 3.8) is 0 Å². The molecule has 92 valence electrons. The number of esters is 1. The van der Waals surface area contributed by atoms with Crippen molar-refractivity contribution in [3.8, 4) is 22.8 Å². The Morgan fingerprint density at radius 2 is 2.00 bits per heavy atom. The molecular weight excluding hydrogens is 236 g/mol. The number of carbonyl (C=O) groups is 1. The van der Waals surface area contributed by atoms with E-state index in [2.05, 4.69) is 4.74 Å². The first-order chi connectivity index (χ1) is 8.78. The quantitative estimate of drug-likeness (QED) is 0.762. The Morgan fingerprint density at radius 1 is 1.17 bits per heavy atom. The van der Waals surface area contributed by atoms with E-state index in [0.29, 0.717) is 17.3 Å². The van der Waals surface area contributed by atoms with Gasteiger partial charge in [-0.25, -0.2) is 4.79 Å². The molecule has 1 aromatic carbocycles. The van der Waals surface area contributed by atoms with Crippen molar-refractivity contribution in [2.24, 2.45) is 0 Å². The molecule has 0 atom stereocenters. The van der Waals surface area contributed by atoms with Crippen molar-refractivity contribution in [2.45, 2.75) is 0 Å². The predicted octanol–water partition coefficient (Wildman–Crippen LogP) is 2.46. The van der Waals surface area contributed by atoms with Crippen molar-refractivity contribution >= 4 is 5.97 Å². The third-order valence-corrected chi connectivity index (χ3v) is 2.65. The molecular formula is C13H10O5. The molecule has 1 aromatic heterocycles. The number of hydrogen-bond donors (Lipinski definition) is 0. The molecule has 0 aliphatic carbocycles. The maximum absolute atomic E-state index is 11.3. The van der Waals surface area contributed by atoms with Crippen LogP contribution in [0.15, 0.2) is 34.7 Å². The molecule has 0 amide bonds. The molecule has 0 saturated carbocycles. The normalized spacial score (nSPS) is 12.5. The summed E-state index contributed by atoms with van der Waals surface area (Å²) in [5, 5.41) is 0. The molecule has 0 unspecified atom stereocenters. The first-order valence-corrected chi connectivity index (χ1v) is 5.36. The Bertz CT molecular complexity index is 599. The Hall–Kier alpha value is -2.43. The Balaban J connectivity index is 1.95. The summed E-state index contributed by atoms with van der Waals surface area (Å²) in [5.74, 6) is 1.63. The SMILES string of the molecule is COC(=O)c1ccc(-c2ccc3c(c2)OCO3)o1. The van der Waals surface area contributed by atoms with Crippen molar-refractivity contribution in [3.05, 3.63) is 36.1 Å². The summed E-state index contributed by atoms with van der Waals surface area (Å²) in [5.41, 5.74) is 0.814. The van der Waals surface area contributed by atoms with Crippen LogP contribution in [0.3, 0.4) is 0 Å². The molecule has 5 nitrogen and oxygen atoms in total. The van der Waals surface area contributed by atoms with Crippen LogP contribution in [-0.2, 0) is 4.74 Å². The van der Waals surface area contributed by atoms with Gasteiger partial charge in [-0.1, -0.05) is 0 Å². The lowest BCUT2D eigenvalue weighted by Gasteiger charge is -1.99. The fraction of sp³-hybridized carbons (Fsp3) is 0.154. The first-order valence-electron chi connectivity index (χ1n) is 5.36. The molecule has 2 heterocycles. The second-order valence-electron chi connectivity index (χ2n) is 3.72. The van der Waals surface area contributed by atoms with Gasteiger partial charge in [0.2, 0.25) is 12.6 Å². The topological polar surface area (TPSA) is 57.9 Å². The molecule has 2 aromatic rings.